The predicted molar refractivity (Wildman–Crippen MR) is 87.9 cm³/mol. The number of carbonyl (C=O) groups is 1. The van der Waals surface area contributed by atoms with E-state index in [9.17, 15) is 4.79 Å². The van der Waals surface area contributed by atoms with Gasteiger partial charge in [-0.1, -0.05) is 53.4 Å². The third-order valence-electron chi connectivity index (χ3n) is 5.36. The number of rotatable bonds is 7. The molecule has 2 aliphatic rings. The van der Waals surface area contributed by atoms with E-state index in [1.807, 2.05) is 0 Å². The van der Waals surface area contributed by atoms with Gasteiger partial charge in [0.2, 0.25) is 5.91 Å². The molecular formula is C18H34N2O. The van der Waals surface area contributed by atoms with Gasteiger partial charge in [0.15, 0.2) is 0 Å². The van der Waals surface area contributed by atoms with Crippen LogP contribution in [0, 0.1) is 17.8 Å². The fraction of sp³-hybridized carbons (Fsp3) is 0.944. The van der Waals surface area contributed by atoms with E-state index in [2.05, 4.69) is 37.9 Å². The van der Waals surface area contributed by atoms with Crippen LogP contribution < -0.4 is 5.32 Å². The van der Waals surface area contributed by atoms with Gasteiger partial charge in [-0.3, -0.25) is 10.1 Å². The molecule has 1 saturated carbocycles. The summed E-state index contributed by atoms with van der Waals surface area (Å²) in [4.78, 5) is 14.9. The fourth-order valence-electron chi connectivity index (χ4n) is 3.97. The van der Waals surface area contributed by atoms with Crippen molar-refractivity contribution in [1.82, 2.24) is 10.2 Å². The molecule has 1 aliphatic heterocycles. The van der Waals surface area contributed by atoms with Crippen LogP contribution in [0.15, 0.2) is 0 Å². The van der Waals surface area contributed by atoms with Gasteiger partial charge in [-0.2, -0.15) is 0 Å². The van der Waals surface area contributed by atoms with E-state index in [1.54, 1.807) is 0 Å². The molecule has 1 aliphatic carbocycles. The summed E-state index contributed by atoms with van der Waals surface area (Å²) in [5, 5.41) is 3.62. The monoisotopic (exact) mass is 294 g/mol. The number of nitrogens with zero attached hydrogens (tertiary/aromatic N) is 1. The van der Waals surface area contributed by atoms with Crippen molar-refractivity contribution in [1.29, 1.82) is 0 Å². The van der Waals surface area contributed by atoms with Crippen molar-refractivity contribution in [2.75, 3.05) is 6.54 Å². The van der Waals surface area contributed by atoms with E-state index in [0.29, 0.717) is 11.8 Å². The van der Waals surface area contributed by atoms with Crippen LogP contribution >= 0.6 is 0 Å². The van der Waals surface area contributed by atoms with Crippen LogP contribution in [-0.4, -0.2) is 29.6 Å². The lowest BCUT2D eigenvalue weighted by Crippen LogP contribution is -2.41. The number of carbonyl (C=O) groups excluding carboxylic acids is 1. The van der Waals surface area contributed by atoms with E-state index >= 15 is 0 Å². The van der Waals surface area contributed by atoms with Gasteiger partial charge < -0.3 is 4.90 Å². The molecule has 3 nitrogen and oxygen atoms in total. The van der Waals surface area contributed by atoms with Crippen LogP contribution in [0.2, 0.25) is 0 Å². The lowest BCUT2D eigenvalue weighted by Gasteiger charge is -2.29. The second-order valence-electron chi connectivity index (χ2n) is 7.67. The predicted octanol–water partition coefficient (Wildman–Crippen LogP) is 3.79. The third-order valence-corrected chi connectivity index (χ3v) is 5.36. The van der Waals surface area contributed by atoms with E-state index < -0.39 is 0 Å². The van der Waals surface area contributed by atoms with Crippen LogP contribution in [0.25, 0.3) is 0 Å². The topological polar surface area (TPSA) is 32.3 Å². The Balaban J connectivity index is 2.00. The number of nitrogens with one attached hydrogen (secondary N) is 1. The maximum absolute atomic E-state index is 12.8. The summed E-state index contributed by atoms with van der Waals surface area (Å²) in [5.74, 6) is 2.50. The fourth-order valence-corrected chi connectivity index (χ4v) is 3.97. The lowest BCUT2D eigenvalue weighted by atomic mass is 9.97. The first-order valence-corrected chi connectivity index (χ1v) is 9.09. The summed E-state index contributed by atoms with van der Waals surface area (Å²) in [6, 6.07) is 0.0745. The van der Waals surface area contributed by atoms with Crippen molar-refractivity contribution in [2.45, 2.75) is 84.8 Å². The molecule has 1 N–H and O–H groups in total. The molecule has 1 amide bonds. The third kappa shape index (κ3) is 4.21. The Morgan fingerprint density at radius 3 is 2.67 bits per heavy atom. The lowest BCUT2D eigenvalue weighted by molar-refractivity contribution is -0.131. The van der Waals surface area contributed by atoms with Crippen molar-refractivity contribution in [3.8, 4) is 0 Å². The van der Waals surface area contributed by atoms with E-state index in [4.69, 9.17) is 0 Å². The Bertz CT molecular complexity index is 342. The standard InChI is InChI=1S/C18H34N2O/c1-5-6-10-16-18(21)20(17(19-16)11-13(2)3)12-15-9-7-8-14(15)4/h13-17,19H,5-12H2,1-4H3. The average Bonchev–Trinajstić information content (AvgIpc) is 2.95. The molecule has 1 saturated heterocycles. The number of hydrogen-bond donors (Lipinski definition) is 1. The second-order valence-corrected chi connectivity index (χ2v) is 7.67. The van der Waals surface area contributed by atoms with Gasteiger partial charge in [-0.05, 0) is 37.0 Å². The van der Waals surface area contributed by atoms with E-state index in [-0.39, 0.29) is 12.2 Å². The van der Waals surface area contributed by atoms with Crippen LogP contribution in [0.3, 0.4) is 0 Å². The molecular weight excluding hydrogens is 260 g/mol. The average molecular weight is 294 g/mol. The number of unbranched alkanes of at least 4 members (excludes halogenated alkanes) is 1. The number of amides is 1. The highest BCUT2D eigenvalue weighted by Crippen LogP contribution is 2.33. The zero-order chi connectivity index (χ0) is 15.4. The molecule has 122 valence electrons. The van der Waals surface area contributed by atoms with Gasteiger partial charge in [0.05, 0.1) is 12.2 Å². The summed E-state index contributed by atoms with van der Waals surface area (Å²) in [5.41, 5.74) is 0. The highest BCUT2D eigenvalue weighted by Gasteiger charge is 2.40. The Labute approximate surface area is 130 Å². The van der Waals surface area contributed by atoms with E-state index in [1.165, 1.54) is 25.7 Å². The van der Waals surface area contributed by atoms with Gasteiger partial charge in [0, 0.05) is 6.54 Å². The van der Waals surface area contributed by atoms with Crippen molar-refractivity contribution in [3.05, 3.63) is 0 Å². The molecule has 0 aromatic heterocycles. The molecule has 2 rings (SSSR count). The summed E-state index contributed by atoms with van der Waals surface area (Å²) in [6.45, 7) is 10.0. The highest BCUT2D eigenvalue weighted by molar-refractivity contribution is 5.84. The van der Waals surface area contributed by atoms with Crippen LogP contribution in [0.4, 0.5) is 0 Å². The minimum absolute atomic E-state index is 0.0745. The Morgan fingerprint density at radius 1 is 1.33 bits per heavy atom. The number of hydrogen-bond acceptors (Lipinski definition) is 2. The van der Waals surface area contributed by atoms with Crippen LogP contribution in [-0.2, 0) is 4.79 Å². The zero-order valence-electron chi connectivity index (χ0n) is 14.4. The first-order valence-electron chi connectivity index (χ1n) is 9.09. The maximum Gasteiger partial charge on any atom is 0.241 e. The molecule has 0 aromatic rings. The smallest absolute Gasteiger partial charge is 0.241 e. The molecule has 2 fully saturated rings. The van der Waals surface area contributed by atoms with Crippen molar-refractivity contribution in [2.24, 2.45) is 17.8 Å². The molecule has 0 aromatic carbocycles. The van der Waals surface area contributed by atoms with Crippen molar-refractivity contribution < 1.29 is 4.79 Å². The van der Waals surface area contributed by atoms with Crippen molar-refractivity contribution in [3.63, 3.8) is 0 Å². The maximum atomic E-state index is 12.8. The van der Waals surface area contributed by atoms with Crippen LogP contribution in [0.1, 0.15) is 72.6 Å². The van der Waals surface area contributed by atoms with Gasteiger partial charge >= 0.3 is 0 Å². The highest BCUT2D eigenvalue weighted by atomic mass is 16.2. The molecule has 0 bridgehead atoms. The minimum Gasteiger partial charge on any atom is -0.325 e. The molecule has 1 heterocycles. The van der Waals surface area contributed by atoms with Gasteiger partial charge in [0.1, 0.15) is 0 Å². The van der Waals surface area contributed by atoms with Crippen LogP contribution in [0.5, 0.6) is 0 Å². The normalized spacial score (nSPS) is 33.4. The quantitative estimate of drug-likeness (QED) is 0.775. The summed E-state index contributed by atoms with van der Waals surface area (Å²) >= 11 is 0. The Hall–Kier alpha value is -0.570. The van der Waals surface area contributed by atoms with Gasteiger partial charge in [-0.25, -0.2) is 0 Å². The molecule has 3 heteroatoms. The molecule has 0 radical (unpaired) electrons. The Kier molecular flexibility index (Phi) is 6.09. The largest absolute Gasteiger partial charge is 0.325 e. The zero-order valence-corrected chi connectivity index (χ0v) is 14.4. The van der Waals surface area contributed by atoms with Gasteiger partial charge in [0.25, 0.3) is 0 Å². The SMILES string of the molecule is CCCCC1NC(CC(C)C)N(CC2CCCC2C)C1=O. The van der Waals surface area contributed by atoms with Crippen molar-refractivity contribution >= 4 is 5.91 Å². The first kappa shape index (κ1) is 16.8. The molecule has 0 spiro atoms. The first-order chi connectivity index (χ1) is 10.0. The van der Waals surface area contributed by atoms with Gasteiger partial charge in [-0.15, -0.1) is 0 Å². The second kappa shape index (κ2) is 7.62. The molecule has 4 atom stereocenters. The minimum atomic E-state index is 0.0745. The summed E-state index contributed by atoms with van der Waals surface area (Å²) < 4.78 is 0. The molecule has 4 unspecified atom stereocenters. The summed E-state index contributed by atoms with van der Waals surface area (Å²) in [6.07, 6.45) is 8.65. The Morgan fingerprint density at radius 2 is 2.10 bits per heavy atom. The van der Waals surface area contributed by atoms with E-state index in [0.717, 1.165) is 37.6 Å². The molecule has 21 heavy (non-hydrogen) atoms. The summed E-state index contributed by atoms with van der Waals surface area (Å²) in [7, 11) is 0.